The molecular formula is C19H23FN2O3S. The maximum absolute atomic E-state index is 14.0. The average molecular weight is 378 g/mol. The SMILES string of the molecule is COCCCN1Cc2cccc(NS(=O)(=O)c3cc(C)ccc3F)c2C1. The van der Waals surface area contributed by atoms with Gasteiger partial charge in [-0.15, -0.1) is 0 Å². The fourth-order valence-corrected chi connectivity index (χ4v) is 4.45. The highest BCUT2D eigenvalue weighted by Gasteiger charge is 2.25. The van der Waals surface area contributed by atoms with Gasteiger partial charge < -0.3 is 4.74 Å². The summed E-state index contributed by atoms with van der Waals surface area (Å²) in [5, 5.41) is 0. The first-order valence-corrected chi connectivity index (χ1v) is 10.00. The highest BCUT2D eigenvalue weighted by Crippen LogP contribution is 2.31. The van der Waals surface area contributed by atoms with E-state index in [1.54, 1.807) is 26.2 Å². The summed E-state index contributed by atoms with van der Waals surface area (Å²) in [6, 6.07) is 9.61. The van der Waals surface area contributed by atoms with Crippen molar-refractivity contribution in [1.29, 1.82) is 0 Å². The topological polar surface area (TPSA) is 58.6 Å². The molecule has 0 saturated carbocycles. The normalized spacial score (nSPS) is 14.4. The molecule has 0 atom stereocenters. The van der Waals surface area contributed by atoms with Gasteiger partial charge in [-0.1, -0.05) is 18.2 Å². The molecule has 26 heavy (non-hydrogen) atoms. The minimum atomic E-state index is -3.99. The molecule has 0 fully saturated rings. The summed E-state index contributed by atoms with van der Waals surface area (Å²) >= 11 is 0. The van der Waals surface area contributed by atoms with Crippen molar-refractivity contribution in [3.8, 4) is 0 Å². The van der Waals surface area contributed by atoms with Gasteiger partial charge in [-0.2, -0.15) is 0 Å². The molecule has 7 heteroatoms. The van der Waals surface area contributed by atoms with Crippen molar-refractivity contribution in [2.75, 3.05) is 25.0 Å². The number of sulfonamides is 1. The van der Waals surface area contributed by atoms with Crippen LogP contribution in [0.2, 0.25) is 0 Å². The lowest BCUT2D eigenvalue weighted by atomic mass is 10.1. The number of methoxy groups -OCH3 is 1. The monoisotopic (exact) mass is 378 g/mol. The molecule has 0 amide bonds. The van der Waals surface area contributed by atoms with Crippen LogP contribution < -0.4 is 4.72 Å². The van der Waals surface area contributed by atoms with Gasteiger partial charge in [-0.25, -0.2) is 12.8 Å². The number of ether oxygens (including phenoxy) is 1. The summed E-state index contributed by atoms with van der Waals surface area (Å²) in [5.41, 5.74) is 3.24. The number of nitrogens with one attached hydrogen (secondary N) is 1. The molecule has 0 spiro atoms. The fourth-order valence-electron chi connectivity index (χ4n) is 3.19. The molecule has 0 bridgehead atoms. The Labute approximate surface area is 153 Å². The van der Waals surface area contributed by atoms with Crippen LogP contribution in [0.25, 0.3) is 0 Å². The first-order chi connectivity index (χ1) is 12.4. The van der Waals surface area contributed by atoms with Gasteiger partial charge in [-0.05, 0) is 48.2 Å². The van der Waals surface area contributed by atoms with Crippen molar-refractivity contribution < 1.29 is 17.5 Å². The number of halogens is 1. The number of hydrogen-bond acceptors (Lipinski definition) is 4. The van der Waals surface area contributed by atoms with Crippen molar-refractivity contribution in [1.82, 2.24) is 4.90 Å². The van der Waals surface area contributed by atoms with E-state index in [9.17, 15) is 12.8 Å². The second-order valence-electron chi connectivity index (χ2n) is 6.54. The number of anilines is 1. The van der Waals surface area contributed by atoms with Gasteiger partial charge in [0.1, 0.15) is 10.7 Å². The lowest BCUT2D eigenvalue weighted by Crippen LogP contribution is -2.19. The van der Waals surface area contributed by atoms with Crippen molar-refractivity contribution in [3.05, 3.63) is 58.9 Å². The summed E-state index contributed by atoms with van der Waals surface area (Å²) < 4.78 is 47.1. The van der Waals surface area contributed by atoms with E-state index in [1.807, 2.05) is 12.1 Å². The van der Waals surface area contributed by atoms with Crippen LogP contribution in [0, 0.1) is 12.7 Å². The van der Waals surface area contributed by atoms with E-state index in [0.29, 0.717) is 24.4 Å². The Balaban J connectivity index is 1.82. The van der Waals surface area contributed by atoms with Gasteiger partial charge in [0.15, 0.2) is 0 Å². The Morgan fingerprint density at radius 1 is 1.23 bits per heavy atom. The Kier molecular flexibility index (Phi) is 5.60. The second-order valence-corrected chi connectivity index (χ2v) is 8.19. The quantitative estimate of drug-likeness (QED) is 0.751. The van der Waals surface area contributed by atoms with E-state index in [2.05, 4.69) is 9.62 Å². The van der Waals surface area contributed by atoms with Gasteiger partial charge in [0, 0.05) is 33.4 Å². The fraction of sp³-hybridized carbons (Fsp3) is 0.368. The van der Waals surface area contributed by atoms with Crippen LogP contribution in [0.3, 0.4) is 0 Å². The van der Waals surface area contributed by atoms with Crippen molar-refractivity contribution in [2.24, 2.45) is 0 Å². The molecule has 1 heterocycles. The molecule has 3 rings (SSSR count). The lowest BCUT2D eigenvalue weighted by molar-refractivity contribution is 0.172. The zero-order valence-corrected chi connectivity index (χ0v) is 15.8. The third kappa shape index (κ3) is 4.06. The minimum Gasteiger partial charge on any atom is -0.385 e. The van der Waals surface area contributed by atoms with Crippen LogP contribution in [0.1, 0.15) is 23.1 Å². The number of rotatable bonds is 7. The number of fused-ring (bicyclic) bond motifs is 1. The van der Waals surface area contributed by atoms with Crippen LogP contribution in [0.4, 0.5) is 10.1 Å². The van der Waals surface area contributed by atoms with Crippen LogP contribution >= 0.6 is 0 Å². The second kappa shape index (κ2) is 7.73. The number of nitrogens with zero attached hydrogens (tertiary/aromatic N) is 1. The summed E-state index contributed by atoms with van der Waals surface area (Å²) in [4.78, 5) is 1.92. The first kappa shape index (κ1) is 18.8. The molecule has 0 aliphatic carbocycles. The van der Waals surface area contributed by atoms with E-state index >= 15 is 0 Å². The molecule has 0 aromatic heterocycles. The predicted molar refractivity (Wildman–Crippen MR) is 99.0 cm³/mol. The summed E-state index contributed by atoms with van der Waals surface area (Å²) in [5.74, 6) is -0.753. The average Bonchev–Trinajstić information content (AvgIpc) is 3.01. The highest BCUT2D eigenvalue weighted by molar-refractivity contribution is 7.92. The van der Waals surface area contributed by atoms with Crippen molar-refractivity contribution >= 4 is 15.7 Å². The maximum atomic E-state index is 14.0. The van der Waals surface area contributed by atoms with Gasteiger partial charge in [0.25, 0.3) is 10.0 Å². The predicted octanol–water partition coefficient (Wildman–Crippen LogP) is 3.29. The smallest absolute Gasteiger partial charge is 0.264 e. The molecule has 1 N–H and O–H groups in total. The van der Waals surface area contributed by atoms with E-state index < -0.39 is 15.8 Å². The lowest BCUT2D eigenvalue weighted by Gasteiger charge is -2.15. The summed E-state index contributed by atoms with van der Waals surface area (Å²) in [6.07, 6.45) is 0.917. The number of benzene rings is 2. The van der Waals surface area contributed by atoms with Crippen molar-refractivity contribution in [2.45, 2.75) is 31.3 Å². The molecule has 1 aliphatic heterocycles. The Bertz CT molecular complexity index is 900. The van der Waals surface area contributed by atoms with Gasteiger partial charge in [0.05, 0.1) is 5.69 Å². The van der Waals surface area contributed by atoms with Gasteiger partial charge in [-0.3, -0.25) is 9.62 Å². The van der Waals surface area contributed by atoms with Crippen molar-refractivity contribution in [3.63, 3.8) is 0 Å². The summed E-state index contributed by atoms with van der Waals surface area (Å²) in [6.45, 7) is 4.73. The zero-order chi connectivity index (χ0) is 18.7. The summed E-state index contributed by atoms with van der Waals surface area (Å²) in [7, 11) is -2.31. The van der Waals surface area contributed by atoms with Crippen LogP contribution in [0.15, 0.2) is 41.3 Å². The number of hydrogen-bond donors (Lipinski definition) is 1. The largest absolute Gasteiger partial charge is 0.385 e. The van der Waals surface area contributed by atoms with E-state index in [0.717, 1.165) is 30.6 Å². The molecule has 0 unspecified atom stereocenters. The third-order valence-corrected chi connectivity index (χ3v) is 5.87. The molecule has 5 nitrogen and oxygen atoms in total. The molecule has 140 valence electrons. The Morgan fingerprint density at radius 3 is 2.81 bits per heavy atom. The standard InChI is InChI=1S/C19H23FN2O3S/c1-14-7-8-17(20)19(11-14)26(23,24)21-18-6-3-5-15-12-22(13-16(15)18)9-4-10-25-2/h3,5-8,11,21H,4,9-10,12-13H2,1-2H3. The van der Waals surface area contributed by atoms with E-state index in [4.69, 9.17) is 4.74 Å². The van der Waals surface area contributed by atoms with Crippen LogP contribution in [0.5, 0.6) is 0 Å². The zero-order valence-electron chi connectivity index (χ0n) is 15.0. The molecule has 2 aromatic carbocycles. The molecule has 1 aliphatic rings. The van der Waals surface area contributed by atoms with Crippen LogP contribution in [-0.4, -0.2) is 33.6 Å². The molecule has 0 radical (unpaired) electrons. The Hall–Kier alpha value is -1.96. The number of aryl methyl sites for hydroxylation is 1. The molecular weight excluding hydrogens is 355 g/mol. The minimum absolute atomic E-state index is 0.329. The first-order valence-electron chi connectivity index (χ1n) is 8.52. The molecule has 2 aromatic rings. The maximum Gasteiger partial charge on any atom is 0.264 e. The Morgan fingerprint density at radius 2 is 2.04 bits per heavy atom. The molecule has 0 saturated heterocycles. The van der Waals surface area contributed by atoms with E-state index in [-0.39, 0.29) is 4.90 Å². The van der Waals surface area contributed by atoms with Crippen LogP contribution in [-0.2, 0) is 27.8 Å². The third-order valence-electron chi connectivity index (χ3n) is 4.49. The van der Waals surface area contributed by atoms with Gasteiger partial charge >= 0.3 is 0 Å². The van der Waals surface area contributed by atoms with Gasteiger partial charge in [0.2, 0.25) is 0 Å². The van der Waals surface area contributed by atoms with E-state index in [1.165, 1.54) is 12.1 Å². The highest BCUT2D eigenvalue weighted by atomic mass is 32.2.